The van der Waals surface area contributed by atoms with Gasteiger partial charge in [-0.2, -0.15) is 0 Å². The number of esters is 2. The number of rotatable bonds is 42. The molecule has 0 bridgehead atoms. The molecule has 0 aromatic carbocycles. The van der Waals surface area contributed by atoms with Crippen molar-refractivity contribution in [2.45, 2.75) is 234 Å². The maximum atomic E-state index is 12.8. The van der Waals surface area contributed by atoms with Crippen molar-refractivity contribution in [1.82, 2.24) is 4.90 Å². The number of aliphatic hydroxyl groups excluding tert-OH is 1. The van der Waals surface area contributed by atoms with E-state index in [1.54, 1.807) is 0 Å². The second kappa shape index (κ2) is 40.5. The van der Waals surface area contributed by atoms with Crippen molar-refractivity contribution in [3.8, 4) is 0 Å². The number of aliphatic hydroxyl groups is 1. The van der Waals surface area contributed by atoms with Gasteiger partial charge in [0.05, 0.1) is 25.0 Å². The first-order valence-corrected chi connectivity index (χ1v) is 23.6. The van der Waals surface area contributed by atoms with Crippen molar-refractivity contribution in [3.05, 3.63) is 0 Å². The van der Waals surface area contributed by atoms with Gasteiger partial charge < -0.3 is 19.5 Å². The second-order valence-corrected chi connectivity index (χ2v) is 16.6. The Morgan fingerprint density at radius 3 is 1.32 bits per heavy atom. The molecule has 0 spiro atoms. The molecule has 6 nitrogen and oxygen atoms in total. The molecular formula is C47H93NO5. The molecule has 1 N–H and O–H groups in total. The molecule has 3 atom stereocenters. The number of ether oxygens (including phenoxy) is 2. The molecule has 0 rings (SSSR count). The predicted octanol–water partition coefficient (Wildman–Crippen LogP) is 13.4. The second-order valence-electron chi connectivity index (χ2n) is 16.6. The fraction of sp³-hybridized carbons (Fsp3) is 0.957. The third-order valence-electron chi connectivity index (χ3n) is 11.2. The third-order valence-corrected chi connectivity index (χ3v) is 11.2. The molecule has 0 aliphatic carbocycles. The molecule has 0 aromatic rings. The SMILES string of the molecule is CCCCCCC(CCCC)C(=O)OCCCCCCCCCN(CCCCO)CCCCCCCC(C)COC(=O)C(CCCC)CCCCCC. The fourth-order valence-electron chi connectivity index (χ4n) is 7.47. The lowest BCUT2D eigenvalue weighted by atomic mass is 9.95. The van der Waals surface area contributed by atoms with E-state index < -0.39 is 0 Å². The van der Waals surface area contributed by atoms with Crippen LogP contribution in [-0.2, 0) is 19.1 Å². The van der Waals surface area contributed by atoms with Crippen LogP contribution in [0.5, 0.6) is 0 Å². The number of hydrogen-bond acceptors (Lipinski definition) is 6. The number of unbranched alkanes of at least 4 members (excludes halogenated alkanes) is 19. The molecule has 0 aliphatic heterocycles. The summed E-state index contributed by atoms with van der Waals surface area (Å²) in [5.74, 6) is 0.753. The Labute approximate surface area is 331 Å². The van der Waals surface area contributed by atoms with Gasteiger partial charge in [0.25, 0.3) is 0 Å². The van der Waals surface area contributed by atoms with Crippen LogP contribution in [0.15, 0.2) is 0 Å². The standard InChI is InChI=1S/C47H93NO5/c1-6-10-14-25-35-44(33-12-8-3)46(50)52-41-31-23-18-16-17-21-27-37-48(39-29-30-40-49)38-28-22-19-20-24-32-43(5)42-53-47(51)45(34-13-9-4)36-26-15-11-7-2/h43-45,49H,6-42H2,1-5H3. The van der Waals surface area contributed by atoms with Gasteiger partial charge in [-0.15, -0.1) is 0 Å². The van der Waals surface area contributed by atoms with Crippen LogP contribution in [0.3, 0.4) is 0 Å². The maximum absolute atomic E-state index is 12.8. The Hall–Kier alpha value is -1.14. The molecule has 316 valence electrons. The van der Waals surface area contributed by atoms with Gasteiger partial charge in [0.2, 0.25) is 0 Å². The van der Waals surface area contributed by atoms with Gasteiger partial charge in [-0.05, 0) is 89.8 Å². The van der Waals surface area contributed by atoms with Gasteiger partial charge in [-0.25, -0.2) is 0 Å². The number of hydrogen-bond donors (Lipinski definition) is 1. The Morgan fingerprint density at radius 2 is 0.830 bits per heavy atom. The number of carbonyl (C=O) groups excluding carboxylic acids is 2. The summed E-state index contributed by atoms with van der Waals surface area (Å²) in [6.07, 6.45) is 36.2. The molecule has 0 saturated carbocycles. The summed E-state index contributed by atoms with van der Waals surface area (Å²) in [5.41, 5.74) is 0. The summed E-state index contributed by atoms with van der Waals surface area (Å²) in [6, 6.07) is 0. The average Bonchev–Trinajstić information content (AvgIpc) is 3.16. The van der Waals surface area contributed by atoms with E-state index in [9.17, 15) is 14.7 Å². The molecule has 0 aromatic heterocycles. The van der Waals surface area contributed by atoms with E-state index in [0.717, 1.165) is 103 Å². The third kappa shape index (κ3) is 33.9. The lowest BCUT2D eigenvalue weighted by molar-refractivity contribution is -0.151. The first-order chi connectivity index (χ1) is 25.9. The van der Waals surface area contributed by atoms with E-state index in [2.05, 4.69) is 39.5 Å². The molecule has 0 aliphatic rings. The Bertz CT molecular complexity index is 776. The summed E-state index contributed by atoms with van der Waals surface area (Å²) in [4.78, 5) is 28.1. The van der Waals surface area contributed by atoms with Crippen LogP contribution < -0.4 is 0 Å². The summed E-state index contributed by atoms with van der Waals surface area (Å²) in [7, 11) is 0. The van der Waals surface area contributed by atoms with Crippen molar-refractivity contribution in [2.75, 3.05) is 39.5 Å². The Balaban J connectivity index is 4.08. The minimum absolute atomic E-state index is 0.0516. The highest BCUT2D eigenvalue weighted by Crippen LogP contribution is 2.21. The van der Waals surface area contributed by atoms with E-state index in [4.69, 9.17) is 9.47 Å². The molecule has 0 radical (unpaired) electrons. The molecular weight excluding hydrogens is 659 g/mol. The van der Waals surface area contributed by atoms with Gasteiger partial charge in [0.1, 0.15) is 0 Å². The highest BCUT2D eigenvalue weighted by atomic mass is 16.5. The van der Waals surface area contributed by atoms with Crippen molar-refractivity contribution in [3.63, 3.8) is 0 Å². The summed E-state index contributed by atoms with van der Waals surface area (Å²) in [6.45, 7) is 16.0. The van der Waals surface area contributed by atoms with E-state index in [1.807, 2.05) is 0 Å². The van der Waals surface area contributed by atoms with Crippen molar-refractivity contribution < 1.29 is 24.2 Å². The average molecular weight is 752 g/mol. The van der Waals surface area contributed by atoms with Gasteiger partial charge in [0, 0.05) is 6.61 Å². The smallest absolute Gasteiger partial charge is 0.308 e. The monoisotopic (exact) mass is 752 g/mol. The van der Waals surface area contributed by atoms with Crippen LogP contribution in [0, 0.1) is 17.8 Å². The first-order valence-electron chi connectivity index (χ1n) is 23.6. The molecule has 3 unspecified atom stereocenters. The fourth-order valence-corrected chi connectivity index (χ4v) is 7.47. The van der Waals surface area contributed by atoms with Crippen LogP contribution in [0.4, 0.5) is 0 Å². The van der Waals surface area contributed by atoms with Gasteiger partial charge in [0.15, 0.2) is 0 Å². The molecule has 53 heavy (non-hydrogen) atoms. The van der Waals surface area contributed by atoms with Crippen molar-refractivity contribution in [1.29, 1.82) is 0 Å². The first kappa shape index (κ1) is 51.9. The topological polar surface area (TPSA) is 76.1 Å². The Morgan fingerprint density at radius 1 is 0.453 bits per heavy atom. The van der Waals surface area contributed by atoms with Gasteiger partial charge in [-0.1, -0.05) is 169 Å². The van der Waals surface area contributed by atoms with Crippen molar-refractivity contribution in [2.24, 2.45) is 17.8 Å². The number of nitrogens with zero attached hydrogens (tertiary/aromatic N) is 1. The zero-order chi connectivity index (χ0) is 39.0. The summed E-state index contributed by atoms with van der Waals surface area (Å²) < 4.78 is 11.5. The van der Waals surface area contributed by atoms with Crippen LogP contribution in [0.25, 0.3) is 0 Å². The van der Waals surface area contributed by atoms with E-state index in [-0.39, 0.29) is 23.8 Å². The van der Waals surface area contributed by atoms with Gasteiger partial charge in [-0.3, -0.25) is 9.59 Å². The quantitative estimate of drug-likeness (QED) is 0.0494. The van der Waals surface area contributed by atoms with Crippen LogP contribution in [-0.4, -0.2) is 61.4 Å². The zero-order valence-electron chi connectivity index (χ0n) is 36.4. The molecule has 0 heterocycles. The lowest BCUT2D eigenvalue weighted by Crippen LogP contribution is -2.27. The molecule has 6 heteroatoms. The minimum atomic E-state index is 0.0516. The highest BCUT2D eigenvalue weighted by molar-refractivity contribution is 5.72. The predicted molar refractivity (Wildman–Crippen MR) is 227 cm³/mol. The van der Waals surface area contributed by atoms with Crippen LogP contribution in [0.2, 0.25) is 0 Å². The zero-order valence-corrected chi connectivity index (χ0v) is 36.4. The maximum Gasteiger partial charge on any atom is 0.308 e. The van der Waals surface area contributed by atoms with Gasteiger partial charge >= 0.3 is 11.9 Å². The molecule has 0 fully saturated rings. The van der Waals surface area contributed by atoms with Crippen molar-refractivity contribution >= 4 is 11.9 Å². The van der Waals surface area contributed by atoms with E-state index >= 15 is 0 Å². The van der Waals surface area contributed by atoms with E-state index in [0.29, 0.717) is 25.7 Å². The summed E-state index contributed by atoms with van der Waals surface area (Å²) in [5, 5.41) is 9.29. The van der Waals surface area contributed by atoms with E-state index in [1.165, 1.54) is 116 Å². The lowest BCUT2D eigenvalue weighted by Gasteiger charge is -2.22. The highest BCUT2D eigenvalue weighted by Gasteiger charge is 2.20. The van der Waals surface area contributed by atoms with Crippen LogP contribution >= 0.6 is 0 Å². The molecule has 0 amide bonds. The Kier molecular flexibility index (Phi) is 39.6. The summed E-state index contributed by atoms with van der Waals surface area (Å²) >= 11 is 0. The minimum Gasteiger partial charge on any atom is -0.465 e. The largest absolute Gasteiger partial charge is 0.465 e. The van der Waals surface area contributed by atoms with Crippen LogP contribution in [0.1, 0.15) is 234 Å². The number of carbonyl (C=O) groups is 2. The normalized spacial score (nSPS) is 13.3. The molecule has 0 saturated heterocycles.